The van der Waals surface area contributed by atoms with Crippen molar-refractivity contribution in [1.82, 2.24) is 4.57 Å². The molecule has 0 radical (unpaired) electrons. The van der Waals surface area contributed by atoms with Crippen molar-refractivity contribution in [3.8, 4) is 0 Å². The van der Waals surface area contributed by atoms with Gasteiger partial charge in [-0.15, -0.1) is 0 Å². The van der Waals surface area contributed by atoms with Crippen LogP contribution in [0.5, 0.6) is 0 Å². The van der Waals surface area contributed by atoms with Crippen molar-refractivity contribution in [1.29, 1.82) is 0 Å². The molecule has 0 spiro atoms. The summed E-state index contributed by atoms with van der Waals surface area (Å²) in [4.78, 5) is 32.3. The van der Waals surface area contributed by atoms with E-state index in [1.807, 2.05) is 0 Å². The molecule has 0 fully saturated rings. The molecule has 100 valence electrons. The lowest BCUT2D eigenvalue weighted by Gasteiger charge is -2.03. The zero-order chi connectivity index (χ0) is 14.0. The maximum absolute atomic E-state index is 11.8. The first-order valence-corrected chi connectivity index (χ1v) is 6.22. The van der Waals surface area contributed by atoms with Crippen LogP contribution in [0.4, 0.5) is 5.69 Å². The molecular formula is C11H10N2O5S. The van der Waals surface area contributed by atoms with Gasteiger partial charge in [0, 0.05) is 19.1 Å². The number of nitrogens with zero attached hydrogens (tertiary/aromatic N) is 2. The number of benzene rings is 1. The number of nitro groups is 1. The fraction of sp³-hybridized carbons (Fsp3) is 0.273. The van der Waals surface area contributed by atoms with E-state index in [-0.39, 0.29) is 23.7 Å². The highest BCUT2D eigenvalue weighted by Gasteiger charge is 2.12. The lowest BCUT2D eigenvalue weighted by atomic mass is 10.3. The first-order chi connectivity index (χ1) is 8.99. The van der Waals surface area contributed by atoms with Crippen LogP contribution in [0, 0.1) is 10.1 Å². The zero-order valence-corrected chi connectivity index (χ0v) is 10.8. The number of rotatable bonds is 4. The van der Waals surface area contributed by atoms with Crippen LogP contribution in [0.3, 0.4) is 0 Å². The normalized spacial score (nSPS) is 10.6. The molecule has 7 nitrogen and oxygen atoms in total. The third kappa shape index (κ3) is 2.79. The summed E-state index contributed by atoms with van der Waals surface area (Å²) in [5.41, 5.74) is 0.550. The second-order valence-corrected chi connectivity index (χ2v) is 4.76. The van der Waals surface area contributed by atoms with Gasteiger partial charge in [-0.3, -0.25) is 24.3 Å². The molecule has 1 aromatic heterocycles. The second-order valence-electron chi connectivity index (χ2n) is 3.77. The maximum Gasteiger partial charge on any atom is 0.308 e. The molecule has 1 aromatic carbocycles. The van der Waals surface area contributed by atoms with E-state index in [0.717, 1.165) is 11.3 Å². The van der Waals surface area contributed by atoms with Gasteiger partial charge in [0.15, 0.2) is 0 Å². The number of ether oxygens (including phenoxy) is 1. The SMILES string of the molecule is CC(=O)OCCn1c(=O)sc2cc([N+](=O)[O-])ccc21. The molecule has 0 saturated carbocycles. The lowest BCUT2D eigenvalue weighted by molar-refractivity contribution is -0.384. The van der Waals surface area contributed by atoms with Gasteiger partial charge in [0.05, 0.1) is 21.7 Å². The van der Waals surface area contributed by atoms with E-state index in [2.05, 4.69) is 0 Å². The smallest absolute Gasteiger partial charge is 0.308 e. The van der Waals surface area contributed by atoms with Crippen molar-refractivity contribution < 1.29 is 14.5 Å². The molecule has 0 aliphatic rings. The van der Waals surface area contributed by atoms with Crippen LogP contribution in [0.1, 0.15) is 6.92 Å². The number of thiazole rings is 1. The van der Waals surface area contributed by atoms with E-state index >= 15 is 0 Å². The third-order valence-electron chi connectivity index (χ3n) is 2.48. The summed E-state index contributed by atoms with van der Waals surface area (Å²) in [7, 11) is 0. The number of carbonyl (C=O) groups is 1. The number of carbonyl (C=O) groups excluding carboxylic acids is 1. The minimum absolute atomic E-state index is 0.0547. The molecule has 8 heteroatoms. The molecule has 2 rings (SSSR count). The molecule has 2 aromatic rings. The fourth-order valence-electron chi connectivity index (χ4n) is 1.66. The molecule has 0 saturated heterocycles. The molecule has 0 atom stereocenters. The van der Waals surface area contributed by atoms with Crippen molar-refractivity contribution in [3.05, 3.63) is 38.0 Å². The van der Waals surface area contributed by atoms with Gasteiger partial charge in [0.1, 0.15) is 6.61 Å². The Morgan fingerprint density at radius 2 is 2.26 bits per heavy atom. The van der Waals surface area contributed by atoms with Crippen molar-refractivity contribution in [2.45, 2.75) is 13.5 Å². The number of hydrogen-bond acceptors (Lipinski definition) is 6. The van der Waals surface area contributed by atoms with E-state index in [1.165, 1.54) is 29.7 Å². The summed E-state index contributed by atoms with van der Waals surface area (Å²) in [6.45, 7) is 1.62. The van der Waals surface area contributed by atoms with E-state index in [0.29, 0.717) is 10.2 Å². The van der Waals surface area contributed by atoms with Gasteiger partial charge in [0.25, 0.3) is 5.69 Å². The third-order valence-corrected chi connectivity index (χ3v) is 3.42. The van der Waals surface area contributed by atoms with Gasteiger partial charge in [0.2, 0.25) is 0 Å². The minimum Gasteiger partial charge on any atom is -0.464 e. The van der Waals surface area contributed by atoms with Crippen molar-refractivity contribution in [2.75, 3.05) is 6.61 Å². The van der Waals surface area contributed by atoms with Gasteiger partial charge >= 0.3 is 10.8 Å². The van der Waals surface area contributed by atoms with E-state index < -0.39 is 10.9 Å². The second kappa shape index (κ2) is 5.19. The van der Waals surface area contributed by atoms with E-state index in [9.17, 15) is 19.7 Å². The van der Waals surface area contributed by atoms with Crippen molar-refractivity contribution in [3.63, 3.8) is 0 Å². The Balaban J connectivity index is 2.34. The standard InChI is InChI=1S/C11H10N2O5S/c1-7(14)18-5-4-12-9-3-2-8(13(16)17)6-10(9)19-11(12)15/h2-3,6H,4-5H2,1H3. The Labute approximate surface area is 111 Å². The van der Waals surface area contributed by atoms with E-state index in [1.54, 1.807) is 0 Å². The highest BCUT2D eigenvalue weighted by atomic mass is 32.1. The number of nitro benzene ring substituents is 1. The molecular weight excluding hydrogens is 272 g/mol. The first kappa shape index (κ1) is 13.2. The van der Waals surface area contributed by atoms with Gasteiger partial charge < -0.3 is 4.74 Å². The Bertz CT molecular complexity index is 703. The number of hydrogen-bond donors (Lipinski definition) is 0. The van der Waals surface area contributed by atoms with Gasteiger partial charge in [-0.2, -0.15) is 0 Å². The Morgan fingerprint density at radius 3 is 2.89 bits per heavy atom. The van der Waals surface area contributed by atoms with Crippen LogP contribution in [0.25, 0.3) is 10.2 Å². The topological polar surface area (TPSA) is 91.4 Å². The molecule has 0 aliphatic heterocycles. The van der Waals surface area contributed by atoms with Gasteiger partial charge in [-0.05, 0) is 6.07 Å². The van der Waals surface area contributed by atoms with Crippen LogP contribution in [-0.4, -0.2) is 22.1 Å². The van der Waals surface area contributed by atoms with Crippen LogP contribution < -0.4 is 4.87 Å². The minimum atomic E-state index is -0.507. The monoisotopic (exact) mass is 282 g/mol. The summed E-state index contributed by atoms with van der Waals surface area (Å²) < 4.78 is 6.76. The zero-order valence-electron chi connectivity index (χ0n) is 9.99. The molecule has 0 aliphatic carbocycles. The van der Waals surface area contributed by atoms with Gasteiger partial charge in [-0.25, -0.2) is 0 Å². The average Bonchev–Trinajstić information content (AvgIpc) is 2.64. The average molecular weight is 282 g/mol. The summed E-state index contributed by atoms with van der Waals surface area (Å²) in [5.74, 6) is -0.414. The highest BCUT2D eigenvalue weighted by molar-refractivity contribution is 7.16. The molecule has 0 unspecified atom stereocenters. The summed E-state index contributed by atoms with van der Waals surface area (Å²) in [5, 5.41) is 10.7. The first-order valence-electron chi connectivity index (χ1n) is 5.40. The van der Waals surface area contributed by atoms with Gasteiger partial charge in [-0.1, -0.05) is 11.3 Å². The Morgan fingerprint density at radius 1 is 1.53 bits per heavy atom. The summed E-state index contributed by atoms with van der Waals surface area (Å²) >= 11 is 0.932. The van der Waals surface area contributed by atoms with Crippen molar-refractivity contribution >= 4 is 33.2 Å². The molecule has 19 heavy (non-hydrogen) atoms. The van der Waals surface area contributed by atoms with E-state index in [4.69, 9.17) is 4.74 Å². The van der Waals surface area contributed by atoms with Crippen molar-refractivity contribution in [2.24, 2.45) is 0 Å². The number of esters is 1. The Hall–Kier alpha value is -2.22. The number of non-ortho nitro benzene ring substituents is 1. The van der Waals surface area contributed by atoms with Crippen LogP contribution in [0.2, 0.25) is 0 Å². The fourth-order valence-corrected chi connectivity index (χ4v) is 2.61. The highest BCUT2D eigenvalue weighted by Crippen LogP contribution is 2.22. The predicted molar refractivity (Wildman–Crippen MR) is 69.4 cm³/mol. The quantitative estimate of drug-likeness (QED) is 0.482. The van der Waals surface area contributed by atoms with Crippen LogP contribution in [-0.2, 0) is 16.1 Å². The van der Waals surface area contributed by atoms with Crippen LogP contribution in [0.15, 0.2) is 23.0 Å². The summed E-state index contributed by atoms with van der Waals surface area (Å²) in [6.07, 6.45) is 0. The molecule has 0 amide bonds. The Kier molecular flexibility index (Phi) is 3.61. The summed E-state index contributed by atoms with van der Waals surface area (Å²) in [6, 6.07) is 4.24. The molecule has 1 heterocycles. The lowest BCUT2D eigenvalue weighted by Crippen LogP contribution is -2.17. The number of aromatic nitrogens is 1. The predicted octanol–water partition coefficient (Wildman–Crippen LogP) is 1.53. The maximum atomic E-state index is 11.8. The molecule has 0 N–H and O–H groups in total. The largest absolute Gasteiger partial charge is 0.464 e. The van der Waals surface area contributed by atoms with Crippen LogP contribution >= 0.6 is 11.3 Å². The number of fused-ring (bicyclic) bond motifs is 1. The molecule has 0 bridgehead atoms.